The van der Waals surface area contributed by atoms with Crippen LogP contribution in [0.4, 0.5) is 11.5 Å². The fourth-order valence-electron chi connectivity index (χ4n) is 3.71. The second-order valence-corrected chi connectivity index (χ2v) is 8.11. The number of aromatic nitrogens is 1. The number of amides is 1. The van der Waals surface area contributed by atoms with Gasteiger partial charge in [-0.3, -0.25) is 4.79 Å². The number of para-hydroxylation sites is 1. The molecule has 0 saturated carbocycles. The molecule has 4 rings (SSSR count). The fraction of sp³-hybridized carbons (Fsp3) is 0.304. The fourth-order valence-corrected chi connectivity index (χ4v) is 4.16. The largest absolute Gasteiger partial charge is 0.351 e. The van der Waals surface area contributed by atoms with Gasteiger partial charge in [-0.05, 0) is 62.5 Å². The first kappa shape index (κ1) is 19.7. The molecular weight excluding hydrogens is 380 g/mol. The van der Waals surface area contributed by atoms with Crippen molar-refractivity contribution in [2.45, 2.75) is 17.7 Å². The van der Waals surface area contributed by atoms with E-state index in [2.05, 4.69) is 33.9 Å². The second kappa shape index (κ2) is 9.29. The molecule has 0 spiro atoms. The summed E-state index contributed by atoms with van der Waals surface area (Å²) in [6, 6.07) is 17.8. The van der Waals surface area contributed by atoms with E-state index in [1.54, 1.807) is 11.8 Å². The number of pyridine rings is 1. The van der Waals surface area contributed by atoms with Gasteiger partial charge in [-0.1, -0.05) is 24.3 Å². The number of rotatable bonds is 7. The molecule has 1 aliphatic heterocycles. The van der Waals surface area contributed by atoms with E-state index in [0.717, 1.165) is 36.2 Å². The predicted octanol–water partition coefficient (Wildman–Crippen LogP) is 4.53. The van der Waals surface area contributed by atoms with Crippen LogP contribution in [0.1, 0.15) is 23.2 Å². The van der Waals surface area contributed by atoms with Crippen molar-refractivity contribution < 1.29 is 4.79 Å². The van der Waals surface area contributed by atoms with Gasteiger partial charge < -0.3 is 15.5 Å². The standard InChI is InChI=1S/C23H26N4OS/c1-29-18-8-6-7-17(15-18)25-22-16-20(19-9-2-3-10-21(19)26-22)23(28)24-11-14-27-12-4-5-13-27/h2-3,6-10,15-16H,4-5,11-14H2,1H3,(H,24,28)(H,25,26). The van der Waals surface area contributed by atoms with Crippen molar-refractivity contribution in [2.24, 2.45) is 0 Å². The quantitative estimate of drug-likeness (QED) is 0.565. The van der Waals surface area contributed by atoms with E-state index < -0.39 is 0 Å². The van der Waals surface area contributed by atoms with Crippen molar-refractivity contribution in [1.29, 1.82) is 0 Å². The first-order valence-corrected chi connectivity index (χ1v) is 11.3. The van der Waals surface area contributed by atoms with Crippen LogP contribution in [-0.4, -0.2) is 48.2 Å². The highest BCUT2D eigenvalue weighted by Crippen LogP contribution is 2.25. The molecule has 2 heterocycles. The van der Waals surface area contributed by atoms with Gasteiger partial charge in [0.15, 0.2) is 0 Å². The molecule has 1 aliphatic rings. The Bertz CT molecular complexity index is 1000. The number of fused-ring (bicyclic) bond motifs is 1. The number of hydrogen-bond acceptors (Lipinski definition) is 5. The van der Waals surface area contributed by atoms with E-state index in [0.29, 0.717) is 17.9 Å². The summed E-state index contributed by atoms with van der Waals surface area (Å²) in [5.74, 6) is 0.621. The van der Waals surface area contributed by atoms with Crippen molar-refractivity contribution >= 4 is 40.1 Å². The number of benzene rings is 2. The Labute approximate surface area is 175 Å². The molecule has 0 unspecified atom stereocenters. The van der Waals surface area contributed by atoms with E-state index in [-0.39, 0.29) is 5.91 Å². The molecule has 6 heteroatoms. The Kier molecular flexibility index (Phi) is 6.32. The maximum atomic E-state index is 12.9. The average Bonchev–Trinajstić information content (AvgIpc) is 3.27. The summed E-state index contributed by atoms with van der Waals surface area (Å²) in [5, 5.41) is 7.31. The number of anilines is 2. The average molecular weight is 407 g/mol. The molecule has 3 aromatic rings. The van der Waals surface area contributed by atoms with Gasteiger partial charge in [0.05, 0.1) is 11.1 Å². The monoisotopic (exact) mass is 406 g/mol. The van der Waals surface area contributed by atoms with Gasteiger partial charge in [0.2, 0.25) is 0 Å². The number of nitrogens with one attached hydrogen (secondary N) is 2. The minimum Gasteiger partial charge on any atom is -0.351 e. The number of carbonyl (C=O) groups is 1. The molecule has 1 saturated heterocycles. The molecule has 2 N–H and O–H groups in total. The number of likely N-dealkylation sites (tertiary alicyclic amines) is 1. The van der Waals surface area contributed by atoms with Crippen LogP contribution in [-0.2, 0) is 0 Å². The molecule has 0 atom stereocenters. The lowest BCUT2D eigenvalue weighted by atomic mass is 10.1. The van der Waals surface area contributed by atoms with Crippen molar-refractivity contribution in [3.05, 3.63) is 60.2 Å². The number of hydrogen-bond donors (Lipinski definition) is 2. The molecule has 1 amide bonds. The summed E-state index contributed by atoms with van der Waals surface area (Å²) in [4.78, 5) is 21.2. The number of nitrogens with zero attached hydrogens (tertiary/aromatic N) is 2. The molecule has 5 nitrogen and oxygen atoms in total. The Morgan fingerprint density at radius 3 is 2.76 bits per heavy atom. The highest BCUT2D eigenvalue weighted by atomic mass is 32.2. The lowest BCUT2D eigenvalue weighted by Crippen LogP contribution is -2.33. The third-order valence-corrected chi connectivity index (χ3v) is 5.94. The van der Waals surface area contributed by atoms with Gasteiger partial charge in [-0.15, -0.1) is 11.8 Å². The van der Waals surface area contributed by atoms with E-state index in [1.807, 2.05) is 42.5 Å². The van der Waals surface area contributed by atoms with Crippen LogP contribution in [0.3, 0.4) is 0 Å². The molecular formula is C23H26N4OS. The van der Waals surface area contributed by atoms with Gasteiger partial charge in [0.1, 0.15) is 5.82 Å². The first-order chi connectivity index (χ1) is 14.2. The van der Waals surface area contributed by atoms with Gasteiger partial charge in [-0.25, -0.2) is 4.98 Å². The summed E-state index contributed by atoms with van der Waals surface area (Å²) in [6.07, 6.45) is 4.57. The predicted molar refractivity (Wildman–Crippen MR) is 121 cm³/mol. The SMILES string of the molecule is CSc1cccc(Nc2cc(C(=O)NCCN3CCCC3)c3ccccc3n2)c1. The van der Waals surface area contributed by atoms with Gasteiger partial charge in [0, 0.05) is 29.1 Å². The highest BCUT2D eigenvalue weighted by Gasteiger charge is 2.15. The van der Waals surface area contributed by atoms with E-state index >= 15 is 0 Å². The maximum Gasteiger partial charge on any atom is 0.252 e. The molecule has 1 fully saturated rings. The van der Waals surface area contributed by atoms with Gasteiger partial charge >= 0.3 is 0 Å². The third-order valence-electron chi connectivity index (χ3n) is 5.22. The smallest absolute Gasteiger partial charge is 0.252 e. The van der Waals surface area contributed by atoms with Crippen LogP contribution in [0.5, 0.6) is 0 Å². The Morgan fingerprint density at radius 1 is 1.10 bits per heavy atom. The number of thioether (sulfide) groups is 1. The van der Waals surface area contributed by atoms with E-state index in [4.69, 9.17) is 4.98 Å². The van der Waals surface area contributed by atoms with Crippen LogP contribution >= 0.6 is 11.8 Å². The summed E-state index contributed by atoms with van der Waals surface area (Å²) >= 11 is 1.70. The maximum absolute atomic E-state index is 12.9. The van der Waals surface area contributed by atoms with Gasteiger partial charge in [0.25, 0.3) is 5.91 Å². The van der Waals surface area contributed by atoms with Crippen molar-refractivity contribution in [3.63, 3.8) is 0 Å². The second-order valence-electron chi connectivity index (χ2n) is 7.23. The summed E-state index contributed by atoms with van der Waals surface area (Å²) < 4.78 is 0. The zero-order valence-corrected chi connectivity index (χ0v) is 17.5. The van der Waals surface area contributed by atoms with E-state index in [9.17, 15) is 4.79 Å². The summed E-state index contributed by atoms with van der Waals surface area (Å²) in [6.45, 7) is 3.84. The lowest BCUT2D eigenvalue weighted by Gasteiger charge is -2.16. The first-order valence-electron chi connectivity index (χ1n) is 10.0. The topological polar surface area (TPSA) is 57.3 Å². The Hall–Kier alpha value is -2.57. The molecule has 2 aromatic carbocycles. The lowest BCUT2D eigenvalue weighted by molar-refractivity contribution is 0.0951. The Morgan fingerprint density at radius 2 is 1.93 bits per heavy atom. The van der Waals surface area contributed by atoms with Gasteiger partial charge in [-0.2, -0.15) is 0 Å². The molecule has 1 aromatic heterocycles. The molecule has 0 aliphatic carbocycles. The molecule has 0 radical (unpaired) electrons. The van der Waals surface area contributed by atoms with Crippen LogP contribution in [0.2, 0.25) is 0 Å². The highest BCUT2D eigenvalue weighted by molar-refractivity contribution is 7.98. The summed E-state index contributed by atoms with van der Waals surface area (Å²) in [7, 11) is 0. The molecule has 150 valence electrons. The zero-order valence-electron chi connectivity index (χ0n) is 16.6. The van der Waals surface area contributed by atoms with Crippen molar-refractivity contribution in [3.8, 4) is 0 Å². The van der Waals surface area contributed by atoms with Crippen molar-refractivity contribution in [1.82, 2.24) is 15.2 Å². The van der Waals surface area contributed by atoms with Crippen LogP contribution in [0, 0.1) is 0 Å². The van der Waals surface area contributed by atoms with E-state index in [1.165, 1.54) is 17.7 Å². The van der Waals surface area contributed by atoms with Crippen LogP contribution < -0.4 is 10.6 Å². The minimum atomic E-state index is -0.0521. The van der Waals surface area contributed by atoms with Crippen molar-refractivity contribution in [2.75, 3.05) is 37.8 Å². The molecule has 29 heavy (non-hydrogen) atoms. The Balaban J connectivity index is 1.55. The molecule has 0 bridgehead atoms. The third kappa shape index (κ3) is 4.89. The zero-order chi connectivity index (χ0) is 20.1. The number of carbonyl (C=O) groups excluding carboxylic acids is 1. The van der Waals surface area contributed by atoms with Crippen LogP contribution in [0.25, 0.3) is 10.9 Å². The normalized spacial score (nSPS) is 14.2. The summed E-state index contributed by atoms with van der Waals surface area (Å²) in [5.41, 5.74) is 2.42. The van der Waals surface area contributed by atoms with Crippen LogP contribution in [0.15, 0.2) is 59.5 Å². The minimum absolute atomic E-state index is 0.0521.